The van der Waals surface area contributed by atoms with Crippen molar-refractivity contribution in [2.45, 2.75) is 0 Å². The minimum atomic E-state index is -0.342. The number of nitrogens with zero attached hydrogens (tertiary/aromatic N) is 1. The van der Waals surface area contributed by atoms with Crippen LogP contribution in [0.5, 0.6) is 0 Å². The van der Waals surface area contributed by atoms with Gasteiger partial charge in [-0.25, -0.2) is 4.90 Å². The van der Waals surface area contributed by atoms with Gasteiger partial charge < -0.3 is 0 Å². The van der Waals surface area contributed by atoms with Gasteiger partial charge in [0.15, 0.2) is 0 Å². The summed E-state index contributed by atoms with van der Waals surface area (Å²) in [5.74, 6) is -0.685. The maximum Gasteiger partial charge on any atom is 0.258 e. The molecule has 3 nitrogen and oxygen atoms in total. The molecule has 0 fully saturated rings. The molecule has 1 aliphatic heterocycles. The highest BCUT2D eigenvalue weighted by atomic mass is 35.5. The molecule has 0 N–H and O–H groups in total. The van der Waals surface area contributed by atoms with Gasteiger partial charge in [0.2, 0.25) is 0 Å². The molecule has 0 saturated heterocycles. The molecule has 0 bridgehead atoms. The first-order chi connectivity index (χ1) is 6.20. The van der Waals surface area contributed by atoms with Gasteiger partial charge in [-0.1, -0.05) is 11.6 Å². The molecule has 13 heavy (non-hydrogen) atoms. The molecule has 0 aliphatic carbocycles. The van der Waals surface area contributed by atoms with Crippen molar-refractivity contribution in [3.63, 3.8) is 0 Å². The molecule has 0 saturated carbocycles. The lowest BCUT2D eigenvalue weighted by Gasteiger charge is -2.11. The van der Waals surface area contributed by atoms with Crippen LogP contribution < -0.4 is 4.90 Å². The minimum absolute atomic E-state index is 0.342. The molecule has 1 aromatic heterocycles. The fourth-order valence-electron chi connectivity index (χ4n) is 1.08. The van der Waals surface area contributed by atoms with Crippen molar-refractivity contribution in [1.29, 1.82) is 0 Å². The third-order valence-corrected chi connectivity index (χ3v) is 2.80. The first-order valence-electron chi connectivity index (χ1n) is 3.49. The lowest BCUT2D eigenvalue weighted by atomic mass is 10.4. The van der Waals surface area contributed by atoms with Crippen LogP contribution in [0.4, 0.5) is 5.69 Å². The van der Waals surface area contributed by atoms with Crippen molar-refractivity contribution < 1.29 is 9.59 Å². The Bertz CT molecular complexity index is 392. The highest BCUT2D eigenvalue weighted by molar-refractivity contribution is 7.15. The van der Waals surface area contributed by atoms with Crippen LogP contribution in [0.3, 0.4) is 0 Å². The molecule has 0 aromatic carbocycles. The lowest BCUT2D eigenvalue weighted by molar-refractivity contribution is -0.119. The Morgan fingerprint density at radius 1 is 1.23 bits per heavy atom. The van der Waals surface area contributed by atoms with E-state index in [1.54, 1.807) is 11.4 Å². The number of amides is 2. The Hall–Kier alpha value is -1.13. The summed E-state index contributed by atoms with van der Waals surface area (Å²) in [6, 6.07) is 1.65. The van der Waals surface area contributed by atoms with E-state index in [0.717, 1.165) is 4.90 Å². The quantitative estimate of drug-likeness (QED) is 0.668. The summed E-state index contributed by atoms with van der Waals surface area (Å²) in [5, 5.41) is 1.73. The Labute approximate surface area is 83.2 Å². The molecule has 0 spiro atoms. The predicted octanol–water partition coefficient (Wildman–Crippen LogP) is 1.83. The van der Waals surface area contributed by atoms with Gasteiger partial charge in [-0.15, -0.1) is 11.3 Å². The average Bonchev–Trinajstić information content (AvgIpc) is 2.60. The zero-order chi connectivity index (χ0) is 9.42. The number of carbonyl (C=O) groups is 2. The standard InChI is InChI=1S/C8H4ClNO2S/c9-8-5(3-4-13-8)10-6(11)1-2-7(10)12/h1-4H. The monoisotopic (exact) mass is 213 g/mol. The highest BCUT2D eigenvalue weighted by Crippen LogP contribution is 2.32. The van der Waals surface area contributed by atoms with Crippen LogP contribution in [0.25, 0.3) is 0 Å². The van der Waals surface area contributed by atoms with E-state index in [1.807, 2.05) is 0 Å². The topological polar surface area (TPSA) is 37.4 Å². The maximum atomic E-state index is 11.2. The SMILES string of the molecule is O=C1C=CC(=O)N1c1ccsc1Cl. The van der Waals surface area contributed by atoms with Gasteiger partial charge in [0, 0.05) is 12.2 Å². The van der Waals surface area contributed by atoms with Crippen molar-refractivity contribution in [3.05, 3.63) is 27.9 Å². The van der Waals surface area contributed by atoms with Crippen molar-refractivity contribution in [2.75, 3.05) is 4.90 Å². The first-order valence-corrected chi connectivity index (χ1v) is 4.75. The van der Waals surface area contributed by atoms with Crippen molar-refractivity contribution in [3.8, 4) is 0 Å². The van der Waals surface area contributed by atoms with Crippen LogP contribution in [-0.2, 0) is 9.59 Å². The van der Waals surface area contributed by atoms with Gasteiger partial charge >= 0.3 is 0 Å². The van der Waals surface area contributed by atoms with E-state index in [2.05, 4.69) is 0 Å². The molecule has 0 radical (unpaired) electrons. The van der Waals surface area contributed by atoms with Gasteiger partial charge in [-0.2, -0.15) is 0 Å². The van der Waals surface area contributed by atoms with E-state index in [0.29, 0.717) is 10.0 Å². The molecule has 2 amide bonds. The normalized spacial score (nSPS) is 15.9. The number of imide groups is 1. The smallest absolute Gasteiger partial charge is 0.258 e. The molecule has 0 atom stereocenters. The molecule has 2 heterocycles. The summed E-state index contributed by atoms with van der Waals surface area (Å²) in [7, 11) is 0. The van der Waals surface area contributed by atoms with Gasteiger partial charge in [-0.3, -0.25) is 9.59 Å². The molecule has 66 valence electrons. The number of thiophene rings is 1. The van der Waals surface area contributed by atoms with Crippen molar-refractivity contribution in [1.82, 2.24) is 0 Å². The van der Waals surface area contributed by atoms with Crippen LogP contribution in [0, 0.1) is 0 Å². The van der Waals surface area contributed by atoms with E-state index < -0.39 is 0 Å². The van der Waals surface area contributed by atoms with Gasteiger partial charge in [0.1, 0.15) is 4.34 Å². The molecule has 1 aliphatic rings. The molecule has 1 aromatic rings. The second-order valence-electron chi connectivity index (χ2n) is 2.42. The number of hydrogen-bond donors (Lipinski definition) is 0. The van der Waals surface area contributed by atoms with E-state index in [4.69, 9.17) is 11.6 Å². The number of rotatable bonds is 1. The van der Waals surface area contributed by atoms with Gasteiger partial charge in [-0.05, 0) is 11.4 Å². The second-order valence-corrected chi connectivity index (χ2v) is 3.94. The largest absolute Gasteiger partial charge is 0.269 e. The minimum Gasteiger partial charge on any atom is -0.269 e. The number of anilines is 1. The fourth-order valence-corrected chi connectivity index (χ4v) is 1.98. The van der Waals surface area contributed by atoms with E-state index in [9.17, 15) is 9.59 Å². The highest BCUT2D eigenvalue weighted by Gasteiger charge is 2.27. The summed E-state index contributed by atoms with van der Waals surface area (Å²) < 4.78 is 0.449. The third-order valence-electron chi connectivity index (χ3n) is 1.65. The Kier molecular flexibility index (Phi) is 1.94. The van der Waals surface area contributed by atoms with Crippen LogP contribution in [0.1, 0.15) is 0 Å². The summed E-state index contributed by atoms with van der Waals surface area (Å²) in [6.07, 6.45) is 2.46. The molecule has 2 rings (SSSR count). The summed E-state index contributed by atoms with van der Waals surface area (Å²) in [4.78, 5) is 23.5. The zero-order valence-corrected chi connectivity index (χ0v) is 7.93. The maximum absolute atomic E-state index is 11.2. The predicted molar refractivity (Wildman–Crippen MR) is 51.0 cm³/mol. The molecule has 5 heteroatoms. The van der Waals surface area contributed by atoms with Crippen LogP contribution in [0.2, 0.25) is 4.34 Å². The molecule has 0 unspecified atom stereocenters. The van der Waals surface area contributed by atoms with E-state index in [1.165, 1.54) is 23.5 Å². The fraction of sp³-hybridized carbons (Fsp3) is 0. The number of halogens is 1. The van der Waals surface area contributed by atoms with Crippen LogP contribution >= 0.6 is 22.9 Å². The lowest BCUT2D eigenvalue weighted by Crippen LogP contribution is -2.29. The Balaban J connectivity index is 2.43. The van der Waals surface area contributed by atoms with Crippen LogP contribution in [0.15, 0.2) is 23.6 Å². The molecular formula is C8H4ClNO2S. The van der Waals surface area contributed by atoms with E-state index >= 15 is 0 Å². The molecular weight excluding hydrogens is 210 g/mol. The Morgan fingerprint density at radius 2 is 1.85 bits per heavy atom. The Morgan fingerprint density at radius 3 is 2.31 bits per heavy atom. The van der Waals surface area contributed by atoms with Crippen LogP contribution in [-0.4, -0.2) is 11.8 Å². The number of carbonyl (C=O) groups excluding carboxylic acids is 2. The average molecular weight is 214 g/mol. The summed E-state index contributed by atoms with van der Waals surface area (Å²) in [6.45, 7) is 0. The number of hydrogen-bond acceptors (Lipinski definition) is 3. The van der Waals surface area contributed by atoms with Gasteiger partial charge in [0.05, 0.1) is 5.69 Å². The zero-order valence-electron chi connectivity index (χ0n) is 6.36. The second kappa shape index (κ2) is 2.97. The summed E-state index contributed by atoms with van der Waals surface area (Å²) in [5.41, 5.74) is 0.465. The van der Waals surface area contributed by atoms with Crippen molar-refractivity contribution >= 4 is 40.4 Å². The van der Waals surface area contributed by atoms with E-state index in [-0.39, 0.29) is 11.8 Å². The van der Waals surface area contributed by atoms with Gasteiger partial charge in [0.25, 0.3) is 11.8 Å². The summed E-state index contributed by atoms with van der Waals surface area (Å²) >= 11 is 7.08. The first kappa shape index (κ1) is 8.47. The third kappa shape index (κ3) is 1.28. The van der Waals surface area contributed by atoms with Crippen molar-refractivity contribution in [2.24, 2.45) is 0 Å².